The zero-order valence-corrected chi connectivity index (χ0v) is 10.2. The molecule has 0 fully saturated rings. The minimum atomic E-state index is -0.326. The van der Waals surface area contributed by atoms with Gasteiger partial charge in [0.25, 0.3) is 0 Å². The molecule has 0 N–H and O–H groups in total. The van der Waals surface area contributed by atoms with Crippen molar-refractivity contribution in [2.45, 2.75) is 26.3 Å². The first-order valence-electron chi connectivity index (χ1n) is 6.11. The fraction of sp³-hybridized carbons (Fsp3) is 0.286. The van der Waals surface area contributed by atoms with Gasteiger partial charge >= 0.3 is 0 Å². The summed E-state index contributed by atoms with van der Waals surface area (Å²) >= 11 is 0. The van der Waals surface area contributed by atoms with Crippen molar-refractivity contribution in [2.24, 2.45) is 0 Å². The maximum absolute atomic E-state index is 10.8. The number of hydrogen-bond donors (Lipinski definition) is 0. The van der Waals surface area contributed by atoms with Crippen LogP contribution in [0.3, 0.4) is 0 Å². The van der Waals surface area contributed by atoms with Crippen LogP contribution in [-0.2, 0) is 13.0 Å². The molecule has 1 aromatic heterocycles. The van der Waals surface area contributed by atoms with Crippen LogP contribution in [0, 0.1) is 10.1 Å². The molecule has 0 saturated carbocycles. The Balaban J connectivity index is 2.29. The molecule has 0 bridgehead atoms. The van der Waals surface area contributed by atoms with E-state index in [1.54, 1.807) is 13.0 Å². The molecule has 0 amide bonds. The highest BCUT2D eigenvalue weighted by Gasteiger charge is 2.20. The second-order valence-corrected chi connectivity index (χ2v) is 4.68. The van der Waals surface area contributed by atoms with Gasteiger partial charge < -0.3 is 4.57 Å². The number of nitro groups is 1. The molecule has 0 radical (unpaired) electrons. The zero-order chi connectivity index (χ0) is 12.7. The molecule has 2 heterocycles. The van der Waals surface area contributed by atoms with Crippen LogP contribution in [0.2, 0.25) is 0 Å². The number of para-hydroxylation sites is 1. The third-order valence-corrected chi connectivity index (χ3v) is 3.56. The summed E-state index contributed by atoms with van der Waals surface area (Å²) in [7, 11) is 0. The first-order valence-corrected chi connectivity index (χ1v) is 6.11. The van der Waals surface area contributed by atoms with E-state index in [1.165, 1.54) is 11.2 Å². The van der Waals surface area contributed by atoms with E-state index < -0.39 is 0 Å². The summed E-state index contributed by atoms with van der Waals surface area (Å²) in [6.45, 7) is 2.56. The van der Waals surface area contributed by atoms with Gasteiger partial charge in [0.15, 0.2) is 0 Å². The van der Waals surface area contributed by atoms with Gasteiger partial charge in [-0.2, -0.15) is 0 Å². The number of aromatic nitrogens is 1. The van der Waals surface area contributed by atoms with E-state index in [0.717, 1.165) is 30.3 Å². The Morgan fingerprint density at radius 3 is 3.00 bits per heavy atom. The van der Waals surface area contributed by atoms with Gasteiger partial charge in [-0.25, -0.2) is 0 Å². The summed E-state index contributed by atoms with van der Waals surface area (Å²) in [5.41, 5.74) is 3.64. The number of benzene rings is 1. The van der Waals surface area contributed by atoms with Crippen molar-refractivity contribution in [1.82, 2.24) is 4.57 Å². The van der Waals surface area contributed by atoms with Crippen LogP contribution >= 0.6 is 0 Å². The lowest BCUT2D eigenvalue weighted by Gasteiger charge is -1.97. The van der Waals surface area contributed by atoms with Gasteiger partial charge in [-0.05, 0) is 18.9 Å². The highest BCUT2D eigenvalue weighted by atomic mass is 16.6. The van der Waals surface area contributed by atoms with Crippen LogP contribution in [0.15, 0.2) is 30.0 Å². The van der Waals surface area contributed by atoms with Crippen molar-refractivity contribution >= 4 is 17.0 Å². The minimum absolute atomic E-state index is 0.195. The quantitative estimate of drug-likeness (QED) is 0.599. The monoisotopic (exact) mass is 242 g/mol. The number of nitrogens with zero attached hydrogens (tertiary/aromatic N) is 2. The van der Waals surface area contributed by atoms with Gasteiger partial charge in [0.05, 0.1) is 4.92 Å². The summed E-state index contributed by atoms with van der Waals surface area (Å²) in [6.07, 6.45) is 3.84. The molecule has 1 aliphatic rings. The molecule has 1 aromatic carbocycles. The third kappa shape index (κ3) is 1.53. The van der Waals surface area contributed by atoms with Crippen molar-refractivity contribution in [2.75, 3.05) is 0 Å². The average molecular weight is 242 g/mol. The van der Waals surface area contributed by atoms with E-state index in [2.05, 4.69) is 10.6 Å². The SMILES string of the molecule is C/C(=C\c1c2n(c3ccccc13)CCC2)[N+](=O)[O-]. The topological polar surface area (TPSA) is 48.1 Å². The van der Waals surface area contributed by atoms with Crippen molar-refractivity contribution in [3.8, 4) is 0 Å². The number of rotatable bonds is 2. The van der Waals surface area contributed by atoms with Crippen molar-refractivity contribution in [3.05, 3.63) is 51.3 Å². The van der Waals surface area contributed by atoms with E-state index in [4.69, 9.17) is 0 Å². The van der Waals surface area contributed by atoms with Gasteiger partial charge in [-0.1, -0.05) is 18.2 Å². The van der Waals surface area contributed by atoms with Crippen LogP contribution < -0.4 is 0 Å². The predicted octanol–water partition coefficient (Wildman–Crippen LogP) is 3.23. The highest BCUT2D eigenvalue weighted by molar-refractivity contribution is 5.91. The fourth-order valence-electron chi connectivity index (χ4n) is 2.74. The molecule has 0 spiro atoms. The van der Waals surface area contributed by atoms with Crippen molar-refractivity contribution < 1.29 is 4.92 Å². The highest BCUT2D eigenvalue weighted by Crippen LogP contribution is 2.32. The Kier molecular flexibility index (Phi) is 2.44. The molecule has 0 unspecified atom stereocenters. The van der Waals surface area contributed by atoms with Crippen molar-refractivity contribution in [3.63, 3.8) is 0 Å². The maximum atomic E-state index is 10.8. The van der Waals surface area contributed by atoms with Crippen LogP contribution in [0.5, 0.6) is 0 Å². The first kappa shape index (κ1) is 11.0. The molecule has 4 nitrogen and oxygen atoms in total. The Bertz CT molecular complexity index is 668. The minimum Gasteiger partial charge on any atom is -0.344 e. The van der Waals surface area contributed by atoms with E-state index >= 15 is 0 Å². The van der Waals surface area contributed by atoms with Gasteiger partial charge in [-0.15, -0.1) is 0 Å². The Labute approximate surface area is 105 Å². The van der Waals surface area contributed by atoms with Gasteiger partial charge in [-0.3, -0.25) is 10.1 Å². The van der Waals surface area contributed by atoms with E-state index in [-0.39, 0.29) is 10.6 Å². The summed E-state index contributed by atoms with van der Waals surface area (Å²) < 4.78 is 2.29. The Hall–Kier alpha value is -2.10. The summed E-state index contributed by atoms with van der Waals surface area (Å²) in [6, 6.07) is 8.13. The van der Waals surface area contributed by atoms with Crippen LogP contribution in [-0.4, -0.2) is 9.49 Å². The van der Waals surface area contributed by atoms with Crippen LogP contribution in [0.4, 0.5) is 0 Å². The van der Waals surface area contributed by atoms with Crippen molar-refractivity contribution in [1.29, 1.82) is 0 Å². The molecule has 0 aliphatic carbocycles. The van der Waals surface area contributed by atoms with Crippen LogP contribution in [0.1, 0.15) is 24.6 Å². The van der Waals surface area contributed by atoms with E-state index in [9.17, 15) is 10.1 Å². The van der Waals surface area contributed by atoms with E-state index in [1.807, 2.05) is 18.2 Å². The standard InChI is InChI=1S/C14H14N2O2/c1-10(16(17)18)9-12-11-5-2-3-6-13(11)15-8-4-7-14(12)15/h2-3,5-6,9H,4,7-8H2,1H3/b10-9+. The average Bonchev–Trinajstić information content (AvgIpc) is 2.92. The van der Waals surface area contributed by atoms with Gasteiger partial charge in [0.1, 0.15) is 0 Å². The molecule has 18 heavy (non-hydrogen) atoms. The smallest absolute Gasteiger partial charge is 0.243 e. The molecule has 2 aromatic rings. The summed E-state index contributed by atoms with van der Waals surface area (Å²) in [5.74, 6) is 0. The number of fused-ring (bicyclic) bond motifs is 3. The second-order valence-electron chi connectivity index (χ2n) is 4.68. The van der Waals surface area contributed by atoms with Gasteiger partial charge in [0.2, 0.25) is 5.70 Å². The maximum Gasteiger partial charge on any atom is 0.243 e. The molecule has 92 valence electrons. The second kappa shape index (κ2) is 3.98. The largest absolute Gasteiger partial charge is 0.344 e. The summed E-state index contributed by atoms with van der Waals surface area (Å²) in [4.78, 5) is 10.5. The molecular formula is C14H14N2O2. The molecule has 4 heteroatoms. The third-order valence-electron chi connectivity index (χ3n) is 3.56. The number of aryl methyl sites for hydroxylation is 1. The number of allylic oxidation sites excluding steroid dienone is 1. The lowest BCUT2D eigenvalue weighted by molar-refractivity contribution is -0.422. The zero-order valence-electron chi connectivity index (χ0n) is 10.2. The molecule has 1 aliphatic heterocycles. The predicted molar refractivity (Wildman–Crippen MR) is 70.9 cm³/mol. The van der Waals surface area contributed by atoms with Gasteiger partial charge in [0, 0.05) is 41.7 Å². The number of hydrogen-bond acceptors (Lipinski definition) is 2. The lowest BCUT2D eigenvalue weighted by atomic mass is 10.1. The normalized spacial score (nSPS) is 15.1. The molecule has 0 atom stereocenters. The molecule has 3 rings (SSSR count). The van der Waals surface area contributed by atoms with Crippen LogP contribution in [0.25, 0.3) is 17.0 Å². The molecule has 0 saturated heterocycles. The fourth-order valence-corrected chi connectivity index (χ4v) is 2.74. The first-order chi connectivity index (χ1) is 8.68. The summed E-state index contributed by atoms with van der Waals surface area (Å²) in [5, 5.41) is 11.9. The van der Waals surface area contributed by atoms with E-state index in [0.29, 0.717) is 0 Å². The molecular weight excluding hydrogens is 228 g/mol. The lowest BCUT2D eigenvalue weighted by Crippen LogP contribution is -1.94. The Morgan fingerprint density at radius 1 is 1.44 bits per heavy atom. The Morgan fingerprint density at radius 2 is 2.22 bits per heavy atom.